The van der Waals surface area contributed by atoms with Gasteiger partial charge in [-0.05, 0) is 31.2 Å². The van der Waals surface area contributed by atoms with E-state index < -0.39 is 16.8 Å². The van der Waals surface area contributed by atoms with Gasteiger partial charge in [-0.25, -0.2) is 4.79 Å². The number of carbonyl (C=O) groups is 2. The van der Waals surface area contributed by atoms with Crippen LogP contribution in [0.2, 0.25) is 0 Å². The maximum absolute atomic E-state index is 12.3. The molecule has 3 rings (SSSR count). The van der Waals surface area contributed by atoms with Crippen LogP contribution in [-0.4, -0.2) is 42.4 Å². The Morgan fingerprint density at radius 1 is 1.37 bits per heavy atom. The summed E-state index contributed by atoms with van der Waals surface area (Å²) in [5.74, 6) is -0.881. The third kappa shape index (κ3) is 4.24. The Labute approximate surface area is 163 Å². The number of rotatable bonds is 5. The van der Waals surface area contributed by atoms with Gasteiger partial charge in [-0.3, -0.25) is 14.9 Å². The Morgan fingerprint density at radius 2 is 2.15 bits per heavy atom. The third-order valence-electron chi connectivity index (χ3n) is 4.07. The van der Waals surface area contributed by atoms with E-state index in [2.05, 4.69) is 10.2 Å². The molecule has 1 N–H and O–H groups in total. The predicted molar refractivity (Wildman–Crippen MR) is 104 cm³/mol. The lowest BCUT2D eigenvalue weighted by molar-refractivity contribution is -0.380. The second-order valence-corrected chi connectivity index (χ2v) is 8.14. The Morgan fingerprint density at radius 3 is 2.81 bits per heavy atom. The van der Waals surface area contributed by atoms with Gasteiger partial charge in [0.25, 0.3) is 0 Å². The lowest BCUT2D eigenvalue weighted by Gasteiger charge is -2.22. The van der Waals surface area contributed by atoms with Crippen molar-refractivity contribution >= 4 is 50.6 Å². The van der Waals surface area contributed by atoms with Crippen LogP contribution in [0.1, 0.15) is 25.7 Å². The van der Waals surface area contributed by atoms with E-state index in [1.807, 2.05) is 7.05 Å². The van der Waals surface area contributed by atoms with Crippen molar-refractivity contribution in [3.05, 3.63) is 49.2 Å². The maximum atomic E-state index is 12.3. The number of nitro groups is 1. The molecule has 0 fully saturated rings. The number of thiophene rings is 2. The minimum Gasteiger partial charge on any atom is -0.465 e. The molecule has 0 bridgehead atoms. The minimum absolute atomic E-state index is 0.0121. The van der Waals surface area contributed by atoms with Crippen molar-refractivity contribution in [2.24, 2.45) is 0 Å². The first-order valence-corrected chi connectivity index (χ1v) is 9.67. The number of likely N-dealkylation sites (N-methyl/N-ethyl adjacent to an activating group) is 1. The van der Waals surface area contributed by atoms with Crippen molar-refractivity contribution < 1.29 is 19.2 Å². The van der Waals surface area contributed by atoms with E-state index >= 15 is 0 Å². The van der Waals surface area contributed by atoms with E-state index in [1.165, 1.54) is 36.7 Å². The molecule has 8 nitrogen and oxygen atoms in total. The van der Waals surface area contributed by atoms with Crippen LogP contribution in [0.25, 0.3) is 6.08 Å². The van der Waals surface area contributed by atoms with Gasteiger partial charge in [-0.1, -0.05) is 11.3 Å². The van der Waals surface area contributed by atoms with Gasteiger partial charge in [0.05, 0.1) is 17.6 Å². The summed E-state index contributed by atoms with van der Waals surface area (Å²) < 4.78 is 4.89. The molecule has 1 aliphatic rings. The van der Waals surface area contributed by atoms with Gasteiger partial charge in [0.15, 0.2) is 0 Å². The molecule has 142 valence electrons. The highest BCUT2D eigenvalue weighted by atomic mass is 32.1. The van der Waals surface area contributed by atoms with Gasteiger partial charge in [0.1, 0.15) is 5.00 Å². The summed E-state index contributed by atoms with van der Waals surface area (Å²) in [6, 6.07) is 2.97. The largest absolute Gasteiger partial charge is 0.465 e. The number of fused-ring (bicyclic) bond motifs is 1. The van der Waals surface area contributed by atoms with Crippen molar-refractivity contribution in [2.45, 2.75) is 13.0 Å². The summed E-state index contributed by atoms with van der Waals surface area (Å²) in [6.07, 6.45) is 3.52. The second kappa shape index (κ2) is 7.99. The molecule has 0 unspecified atom stereocenters. The number of carbonyl (C=O) groups excluding carboxylic acids is 2. The smallest absolute Gasteiger partial charge is 0.341 e. The fourth-order valence-electron chi connectivity index (χ4n) is 2.78. The first kappa shape index (κ1) is 19.2. The van der Waals surface area contributed by atoms with Crippen LogP contribution in [0, 0.1) is 10.1 Å². The molecule has 1 aliphatic heterocycles. The number of amides is 1. The molecule has 2 aromatic heterocycles. The summed E-state index contributed by atoms with van der Waals surface area (Å²) in [7, 11) is 3.32. The molecule has 2 aromatic rings. The normalized spacial score (nSPS) is 14.1. The highest BCUT2D eigenvalue weighted by Crippen LogP contribution is 2.37. The molecule has 0 saturated carbocycles. The number of hydrogen-bond donors (Lipinski definition) is 1. The molecule has 0 saturated heterocycles. The molecular weight excluding hydrogens is 390 g/mol. The van der Waals surface area contributed by atoms with E-state index in [1.54, 1.807) is 6.07 Å². The lowest BCUT2D eigenvalue weighted by atomic mass is 10.0. The molecular formula is C17H17N3O5S2. The monoisotopic (exact) mass is 407 g/mol. The molecule has 10 heteroatoms. The standard InChI is InChI=1S/C17H17N3O5S2/c1-19-8-7-11-12(9-19)27-16(15(11)17(22)25-2)18-13(21)5-3-10-4-6-14(26-10)20(23)24/h3-6H,7-9H2,1-2H3,(H,18,21)/b5-3+. The Bertz CT molecular complexity index is 931. The Kier molecular flexibility index (Phi) is 5.68. The summed E-state index contributed by atoms with van der Waals surface area (Å²) in [5, 5.41) is 13.9. The zero-order valence-electron chi connectivity index (χ0n) is 14.7. The van der Waals surface area contributed by atoms with Gasteiger partial charge >= 0.3 is 11.0 Å². The van der Waals surface area contributed by atoms with Crippen molar-refractivity contribution in [1.29, 1.82) is 0 Å². The van der Waals surface area contributed by atoms with Crippen LogP contribution >= 0.6 is 22.7 Å². The Balaban J connectivity index is 1.79. The molecule has 0 aliphatic carbocycles. The maximum Gasteiger partial charge on any atom is 0.341 e. The molecule has 1 amide bonds. The SMILES string of the molecule is COC(=O)c1c(NC(=O)/C=C/c2ccc([N+](=O)[O-])s2)sc2c1CCN(C)C2. The number of methoxy groups -OCH3 is 1. The van der Waals surface area contributed by atoms with E-state index in [0.29, 0.717) is 22.0 Å². The zero-order chi connectivity index (χ0) is 19.6. The van der Waals surface area contributed by atoms with Crippen LogP contribution < -0.4 is 5.32 Å². The number of nitrogens with one attached hydrogen (secondary N) is 1. The lowest BCUT2D eigenvalue weighted by Crippen LogP contribution is -2.26. The number of ether oxygens (including phenoxy) is 1. The van der Waals surface area contributed by atoms with Crippen LogP contribution in [0.15, 0.2) is 18.2 Å². The highest BCUT2D eigenvalue weighted by Gasteiger charge is 2.28. The summed E-state index contributed by atoms with van der Waals surface area (Å²) in [4.78, 5) is 38.5. The van der Waals surface area contributed by atoms with Crippen molar-refractivity contribution in [3.63, 3.8) is 0 Å². The predicted octanol–water partition coefficient (Wildman–Crippen LogP) is 3.14. The second-order valence-electron chi connectivity index (χ2n) is 5.94. The summed E-state index contributed by atoms with van der Waals surface area (Å²) in [5.41, 5.74) is 1.34. The zero-order valence-corrected chi connectivity index (χ0v) is 16.3. The van der Waals surface area contributed by atoms with E-state index in [9.17, 15) is 19.7 Å². The molecule has 0 radical (unpaired) electrons. The average molecular weight is 407 g/mol. The number of anilines is 1. The van der Waals surface area contributed by atoms with Crippen LogP contribution in [0.4, 0.5) is 10.0 Å². The quantitative estimate of drug-likeness (QED) is 0.354. The van der Waals surface area contributed by atoms with Crippen molar-refractivity contribution in [2.75, 3.05) is 26.0 Å². The minimum atomic E-state index is -0.474. The Hall–Kier alpha value is -2.56. The average Bonchev–Trinajstić information content (AvgIpc) is 3.23. The van der Waals surface area contributed by atoms with Crippen molar-refractivity contribution in [3.8, 4) is 0 Å². The molecule has 0 atom stereocenters. The number of nitrogens with zero attached hydrogens (tertiary/aromatic N) is 2. The van der Waals surface area contributed by atoms with Gasteiger partial charge in [-0.15, -0.1) is 11.3 Å². The summed E-state index contributed by atoms with van der Waals surface area (Å²) >= 11 is 2.35. The van der Waals surface area contributed by atoms with Gasteiger partial charge < -0.3 is 15.0 Å². The number of hydrogen-bond acceptors (Lipinski definition) is 8. The van der Waals surface area contributed by atoms with Gasteiger partial charge in [0, 0.05) is 35.0 Å². The first-order valence-electron chi connectivity index (χ1n) is 8.03. The number of esters is 1. The first-order chi connectivity index (χ1) is 12.9. The molecule has 3 heterocycles. The molecule has 27 heavy (non-hydrogen) atoms. The molecule has 0 aromatic carbocycles. The van der Waals surface area contributed by atoms with Gasteiger partial charge in [-0.2, -0.15) is 0 Å². The van der Waals surface area contributed by atoms with Crippen LogP contribution in [-0.2, 0) is 22.5 Å². The van der Waals surface area contributed by atoms with Crippen molar-refractivity contribution in [1.82, 2.24) is 4.90 Å². The summed E-state index contributed by atoms with van der Waals surface area (Å²) in [6.45, 7) is 1.55. The topological polar surface area (TPSA) is 102 Å². The third-order valence-corrected chi connectivity index (χ3v) is 6.20. The van der Waals surface area contributed by atoms with E-state index in [4.69, 9.17) is 4.74 Å². The highest BCUT2D eigenvalue weighted by molar-refractivity contribution is 7.17. The van der Waals surface area contributed by atoms with E-state index in [0.717, 1.165) is 34.7 Å². The fourth-order valence-corrected chi connectivity index (χ4v) is 4.82. The molecule has 0 spiro atoms. The van der Waals surface area contributed by atoms with Gasteiger partial charge in [0.2, 0.25) is 5.91 Å². The van der Waals surface area contributed by atoms with Crippen LogP contribution in [0.5, 0.6) is 0 Å². The fraction of sp³-hybridized carbons (Fsp3) is 0.294. The van der Waals surface area contributed by atoms with Crippen LogP contribution in [0.3, 0.4) is 0 Å². The van der Waals surface area contributed by atoms with E-state index in [-0.39, 0.29) is 5.00 Å².